The monoisotopic (exact) mass is 460 g/mol. The van der Waals surface area contributed by atoms with Crippen LogP contribution in [0, 0.1) is 13.8 Å². The molecule has 1 amide bonds. The number of hydrogen-bond acceptors (Lipinski definition) is 5. The van der Waals surface area contributed by atoms with Gasteiger partial charge in [0.25, 0.3) is 5.91 Å². The van der Waals surface area contributed by atoms with E-state index < -0.39 is 6.10 Å². The molecular formula is C25H33ClN2O4. The Hall–Kier alpha value is -2.73. The number of hydrazone groups is 1. The van der Waals surface area contributed by atoms with E-state index in [9.17, 15) is 4.79 Å². The van der Waals surface area contributed by atoms with Crippen molar-refractivity contribution in [3.63, 3.8) is 0 Å². The van der Waals surface area contributed by atoms with Crippen LogP contribution in [0.4, 0.5) is 0 Å². The third-order valence-electron chi connectivity index (χ3n) is 4.92. The number of nitrogens with one attached hydrogen (secondary N) is 1. The second kappa shape index (κ2) is 13.0. The minimum Gasteiger partial charge on any atom is -0.493 e. The van der Waals surface area contributed by atoms with Crippen molar-refractivity contribution >= 4 is 23.7 Å². The summed E-state index contributed by atoms with van der Waals surface area (Å²) >= 11 is 6.18. The normalized spacial score (nSPS) is 11.9. The fourth-order valence-corrected chi connectivity index (χ4v) is 3.20. The van der Waals surface area contributed by atoms with E-state index in [2.05, 4.69) is 17.5 Å². The minimum atomic E-state index is -0.717. The molecule has 0 bridgehead atoms. The molecular weight excluding hydrogens is 428 g/mol. The number of unbranched alkanes of at least 4 members (excludes halogenated alkanes) is 3. The fourth-order valence-electron chi connectivity index (χ4n) is 3.09. The van der Waals surface area contributed by atoms with Crippen LogP contribution in [0.3, 0.4) is 0 Å². The van der Waals surface area contributed by atoms with Crippen molar-refractivity contribution in [2.45, 2.75) is 59.5 Å². The third-order valence-corrected chi connectivity index (χ3v) is 5.52. The maximum absolute atomic E-state index is 12.3. The molecule has 0 radical (unpaired) electrons. The van der Waals surface area contributed by atoms with Gasteiger partial charge in [0.15, 0.2) is 17.6 Å². The number of aryl methyl sites for hydroxylation is 2. The smallest absolute Gasteiger partial charge is 0.280 e. The lowest BCUT2D eigenvalue weighted by atomic mass is 10.1. The summed E-state index contributed by atoms with van der Waals surface area (Å²) < 4.78 is 17.0. The lowest BCUT2D eigenvalue weighted by Gasteiger charge is -2.15. The van der Waals surface area contributed by atoms with E-state index in [1.807, 2.05) is 44.2 Å². The first-order valence-corrected chi connectivity index (χ1v) is 11.3. The summed E-state index contributed by atoms with van der Waals surface area (Å²) in [4.78, 5) is 12.3. The summed E-state index contributed by atoms with van der Waals surface area (Å²) in [5.74, 6) is 1.55. The van der Waals surface area contributed by atoms with Crippen LogP contribution in [0.5, 0.6) is 17.2 Å². The van der Waals surface area contributed by atoms with Gasteiger partial charge in [-0.15, -0.1) is 0 Å². The van der Waals surface area contributed by atoms with Gasteiger partial charge in [-0.05, 0) is 74.2 Å². The predicted molar refractivity (Wildman–Crippen MR) is 129 cm³/mol. The van der Waals surface area contributed by atoms with Gasteiger partial charge in [-0.25, -0.2) is 5.43 Å². The van der Waals surface area contributed by atoms with E-state index in [1.54, 1.807) is 20.2 Å². The summed E-state index contributed by atoms with van der Waals surface area (Å²) in [6.07, 6.45) is 5.41. The standard InChI is InChI=1S/C25H33ClN2O4/c1-6-7-8-9-12-31-22-11-10-20(15-23(22)30-5)16-27-28-25(29)19(4)32-21-13-17(2)24(26)18(3)14-21/h10-11,13-16,19H,6-9,12H2,1-5H3,(H,28,29)/b27-16+. The Morgan fingerprint density at radius 2 is 1.84 bits per heavy atom. The van der Waals surface area contributed by atoms with Crippen molar-refractivity contribution < 1.29 is 19.0 Å². The molecule has 0 saturated heterocycles. The molecule has 0 aliphatic rings. The van der Waals surface area contributed by atoms with Crippen LogP contribution in [0.25, 0.3) is 0 Å². The van der Waals surface area contributed by atoms with Crippen LogP contribution in [0.2, 0.25) is 5.02 Å². The van der Waals surface area contributed by atoms with Gasteiger partial charge in [-0.2, -0.15) is 5.10 Å². The second-order valence-electron chi connectivity index (χ2n) is 7.68. The van der Waals surface area contributed by atoms with E-state index in [0.717, 1.165) is 29.5 Å². The van der Waals surface area contributed by atoms with Gasteiger partial charge < -0.3 is 14.2 Å². The highest BCUT2D eigenvalue weighted by Gasteiger charge is 2.15. The zero-order valence-electron chi connectivity index (χ0n) is 19.5. The molecule has 0 aromatic heterocycles. The van der Waals surface area contributed by atoms with E-state index in [4.69, 9.17) is 25.8 Å². The largest absolute Gasteiger partial charge is 0.493 e. The number of hydrogen-bond donors (Lipinski definition) is 1. The molecule has 0 aliphatic heterocycles. The number of benzene rings is 2. The molecule has 1 unspecified atom stereocenters. The average Bonchev–Trinajstić information content (AvgIpc) is 2.77. The molecule has 2 aromatic rings. The SMILES string of the molecule is CCCCCCOc1ccc(/C=N/NC(=O)C(C)Oc2cc(C)c(Cl)c(C)c2)cc1OC. The number of ether oxygens (including phenoxy) is 3. The van der Waals surface area contributed by atoms with Crippen molar-refractivity contribution in [2.24, 2.45) is 5.10 Å². The highest BCUT2D eigenvalue weighted by Crippen LogP contribution is 2.28. The van der Waals surface area contributed by atoms with E-state index in [1.165, 1.54) is 12.8 Å². The Bertz CT molecular complexity index is 907. The maximum Gasteiger partial charge on any atom is 0.280 e. The average molecular weight is 461 g/mol. The second-order valence-corrected chi connectivity index (χ2v) is 8.06. The van der Waals surface area contributed by atoms with Gasteiger partial charge in [-0.1, -0.05) is 37.8 Å². The van der Waals surface area contributed by atoms with Crippen molar-refractivity contribution in [3.8, 4) is 17.2 Å². The number of halogens is 1. The van der Waals surface area contributed by atoms with Crippen LogP contribution < -0.4 is 19.6 Å². The quantitative estimate of drug-likeness (QED) is 0.245. The molecule has 0 spiro atoms. The summed E-state index contributed by atoms with van der Waals surface area (Å²) in [5.41, 5.74) is 5.08. The highest BCUT2D eigenvalue weighted by atomic mass is 35.5. The minimum absolute atomic E-state index is 0.356. The fraction of sp³-hybridized carbons (Fsp3) is 0.440. The predicted octanol–water partition coefficient (Wildman–Crippen LogP) is 5.84. The van der Waals surface area contributed by atoms with Crippen molar-refractivity contribution in [1.82, 2.24) is 5.43 Å². The van der Waals surface area contributed by atoms with Crippen LogP contribution in [-0.4, -0.2) is 31.9 Å². The Morgan fingerprint density at radius 1 is 1.12 bits per heavy atom. The molecule has 0 heterocycles. The van der Waals surface area contributed by atoms with Crippen molar-refractivity contribution in [2.75, 3.05) is 13.7 Å². The third kappa shape index (κ3) is 7.75. The molecule has 32 heavy (non-hydrogen) atoms. The Kier molecular flexibility index (Phi) is 10.3. The zero-order chi connectivity index (χ0) is 23.5. The topological polar surface area (TPSA) is 69.2 Å². The first-order valence-electron chi connectivity index (χ1n) is 10.9. The molecule has 2 aromatic carbocycles. The van der Waals surface area contributed by atoms with E-state index in [0.29, 0.717) is 28.9 Å². The molecule has 174 valence electrons. The molecule has 1 atom stereocenters. The summed E-state index contributed by atoms with van der Waals surface area (Å²) in [5, 5.41) is 4.73. The van der Waals surface area contributed by atoms with E-state index in [-0.39, 0.29) is 5.91 Å². The number of amides is 1. The van der Waals surface area contributed by atoms with Gasteiger partial charge in [0.1, 0.15) is 5.75 Å². The van der Waals surface area contributed by atoms with Crippen LogP contribution in [-0.2, 0) is 4.79 Å². The number of carbonyl (C=O) groups excluding carboxylic acids is 1. The lowest BCUT2D eigenvalue weighted by Crippen LogP contribution is -2.33. The van der Waals surface area contributed by atoms with E-state index >= 15 is 0 Å². The first-order chi connectivity index (χ1) is 15.3. The summed E-state index contributed by atoms with van der Waals surface area (Å²) in [6, 6.07) is 9.14. The number of methoxy groups -OCH3 is 1. The molecule has 0 fully saturated rings. The Labute approximate surface area is 195 Å². The Balaban J connectivity index is 1.90. The van der Waals surface area contributed by atoms with Crippen LogP contribution >= 0.6 is 11.6 Å². The molecule has 0 aliphatic carbocycles. The zero-order valence-corrected chi connectivity index (χ0v) is 20.3. The highest BCUT2D eigenvalue weighted by molar-refractivity contribution is 6.32. The van der Waals surface area contributed by atoms with Gasteiger partial charge in [0.05, 0.1) is 19.9 Å². The van der Waals surface area contributed by atoms with Gasteiger partial charge in [0, 0.05) is 5.02 Å². The maximum atomic E-state index is 12.3. The van der Waals surface area contributed by atoms with Crippen molar-refractivity contribution in [1.29, 1.82) is 0 Å². The van der Waals surface area contributed by atoms with Crippen molar-refractivity contribution in [3.05, 3.63) is 52.0 Å². The van der Waals surface area contributed by atoms with Crippen LogP contribution in [0.15, 0.2) is 35.4 Å². The number of carbonyl (C=O) groups is 1. The molecule has 7 heteroatoms. The number of rotatable bonds is 12. The first kappa shape index (κ1) is 25.5. The van der Waals surface area contributed by atoms with Crippen LogP contribution in [0.1, 0.15) is 56.2 Å². The summed E-state index contributed by atoms with van der Waals surface area (Å²) in [7, 11) is 1.60. The molecule has 0 saturated carbocycles. The van der Waals surface area contributed by atoms with Gasteiger partial charge >= 0.3 is 0 Å². The Morgan fingerprint density at radius 3 is 2.50 bits per heavy atom. The van der Waals surface area contributed by atoms with Gasteiger partial charge in [-0.3, -0.25) is 4.79 Å². The molecule has 1 N–H and O–H groups in total. The molecule has 6 nitrogen and oxygen atoms in total. The van der Waals surface area contributed by atoms with Gasteiger partial charge in [0.2, 0.25) is 0 Å². The summed E-state index contributed by atoms with van der Waals surface area (Å²) in [6.45, 7) is 8.30. The molecule has 2 rings (SSSR count). The number of nitrogens with zero attached hydrogens (tertiary/aromatic N) is 1. The lowest BCUT2D eigenvalue weighted by molar-refractivity contribution is -0.127.